The van der Waals surface area contributed by atoms with E-state index in [2.05, 4.69) is 5.32 Å². The molecule has 0 aliphatic heterocycles. The maximum Gasteiger partial charge on any atom is 0.338 e. The minimum atomic E-state index is -0.487. The Labute approximate surface area is 136 Å². The monoisotopic (exact) mass is 311 g/mol. The molecule has 120 valence electrons. The van der Waals surface area contributed by atoms with Crippen molar-refractivity contribution >= 4 is 11.9 Å². The molecule has 0 bridgehead atoms. The standard InChI is InChI=1S/C19H21NO3/c1-13-8-9-16(10-15(13)3)19(22)23-12-18(21)20-11-17-7-5-4-6-14(17)2/h4-10H,11-12H2,1-3H3,(H,20,21). The molecule has 0 radical (unpaired) electrons. The first kappa shape index (κ1) is 16.7. The van der Waals surface area contributed by atoms with Gasteiger partial charge < -0.3 is 10.1 Å². The summed E-state index contributed by atoms with van der Waals surface area (Å²) in [5.41, 5.74) is 4.74. The van der Waals surface area contributed by atoms with Gasteiger partial charge >= 0.3 is 5.97 Å². The third-order valence-electron chi connectivity index (χ3n) is 3.81. The van der Waals surface area contributed by atoms with Gasteiger partial charge in [-0.05, 0) is 55.2 Å². The normalized spacial score (nSPS) is 10.2. The third kappa shape index (κ3) is 4.68. The lowest BCUT2D eigenvalue weighted by atomic mass is 10.1. The van der Waals surface area contributed by atoms with Gasteiger partial charge in [0, 0.05) is 6.54 Å². The lowest BCUT2D eigenvalue weighted by Gasteiger charge is -2.09. The Morgan fingerprint density at radius 2 is 1.70 bits per heavy atom. The van der Waals surface area contributed by atoms with E-state index < -0.39 is 5.97 Å². The smallest absolute Gasteiger partial charge is 0.338 e. The molecule has 0 aromatic heterocycles. The Kier molecular flexibility index (Phi) is 5.52. The highest BCUT2D eigenvalue weighted by atomic mass is 16.5. The highest BCUT2D eigenvalue weighted by Gasteiger charge is 2.11. The van der Waals surface area contributed by atoms with Crippen LogP contribution >= 0.6 is 0 Å². The van der Waals surface area contributed by atoms with Crippen LogP contribution in [0.2, 0.25) is 0 Å². The van der Waals surface area contributed by atoms with Crippen LogP contribution in [0.5, 0.6) is 0 Å². The predicted octanol–water partition coefficient (Wildman–Crippen LogP) is 3.09. The summed E-state index contributed by atoms with van der Waals surface area (Å²) in [6, 6.07) is 13.2. The van der Waals surface area contributed by atoms with Crippen LogP contribution in [-0.2, 0) is 16.1 Å². The molecule has 1 amide bonds. The van der Waals surface area contributed by atoms with Crippen molar-refractivity contribution < 1.29 is 14.3 Å². The molecule has 0 aliphatic carbocycles. The number of nitrogens with one attached hydrogen (secondary N) is 1. The summed E-state index contributed by atoms with van der Waals surface area (Å²) in [7, 11) is 0. The van der Waals surface area contributed by atoms with Gasteiger partial charge in [-0.1, -0.05) is 30.3 Å². The molecular formula is C19H21NO3. The minimum absolute atomic E-state index is 0.280. The number of rotatable bonds is 5. The molecule has 0 saturated heterocycles. The van der Waals surface area contributed by atoms with E-state index in [-0.39, 0.29) is 12.5 Å². The first-order valence-electron chi connectivity index (χ1n) is 7.53. The lowest BCUT2D eigenvalue weighted by molar-refractivity contribution is -0.124. The highest BCUT2D eigenvalue weighted by molar-refractivity contribution is 5.91. The van der Waals surface area contributed by atoms with E-state index in [0.717, 1.165) is 22.3 Å². The van der Waals surface area contributed by atoms with E-state index in [1.54, 1.807) is 12.1 Å². The van der Waals surface area contributed by atoms with Crippen molar-refractivity contribution in [3.8, 4) is 0 Å². The van der Waals surface area contributed by atoms with E-state index in [0.29, 0.717) is 12.1 Å². The van der Waals surface area contributed by atoms with Gasteiger partial charge in [-0.3, -0.25) is 4.79 Å². The molecule has 0 aliphatic rings. The molecule has 0 atom stereocenters. The first-order valence-corrected chi connectivity index (χ1v) is 7.53. The van der Waals surface area contributed by atoms with Gasteiger partial charge in [0.1, 0.15) is 0 Å². The SMILES string of the molecule is Cc1ccc(C(=O)OCC(=O)NCc2ccccc2C)cc1C. The van der Waals surface area contributed by atoms with Crippen LogP contribution in [0.15, 0.2) is 42.5 Å². The van der Waals surface area contributed by atoms with Crippen molar-refractivity contribution in [3.63, 3.8) is 0 Å². The van der Waals surface area contributed by atoms with Crippen LogP contribution in [-0.4, -0.2) is 18.5 Å². The fraction of sp³-hybridized carbons (Fsp3) is 0.263. The quantitative estimate of drug-likeness (QED) is 0.863. The van der Waals surface area contributed by atoms with E-state index in [4.69, 9.17) is 4.74 Å². The molecule has 0 heterocycles. The van der Waals surface area contributed by atoms with E-state index >= 15 is 0 Å². The van der Waals surface area contributed by atoms with Gasteiger partial charge in [-0.2, -0.15) is 0 Å². The van der Waals surface area contributed by atoms with Crippen molar-refractivity contribution in [1.29, 1.82) is 0 Å². The average Bonchev–Trinajstić information content (AvgIpc) is 2.54. The molecular weight excluding hydrogens is 290 g/mol. The summed E-state index contributed by atoms with van der Waals surface area (Å²) in [4.78, 5) is 23.7. The maximum absolute atomic E-state index is 11.9. The van der Waals surface area contributed by atoms with Gasteiger partial charge in [-0.15, -0.1) is 0 Å². The summed E-state index contributed by atoms with van der Waals surface area (Å²) < 4.78 is 5.05. The van der Waals surface area contributed by atoms with Crippen molar-refractivity contribution in [2.75, 3.05) is 6.61 Å². The molecule has 0 saturated carbocycles. The van der Waals surface area contributed by atoms with Gasteiger partial charge in [-0.25, -0.2) is 4.79 Å². The Hall–Kier alpha value is -2.62. The van der Waals surface area contributed by atoms with Gasteiger partial charge in [0.15, 0.2) is 6.61 Å². The van der Waals surface area contributed by atoms with Crippen LogP contribution in [0.3, 0.4) is 0 Å². The second kappa shape index (κ2) is 7.58. The van der Waals surface area contributed by atoms with Crippen molar-refractivity contribution in [2.45, 2.75) is 27.3 Å². The predicted molar refractivity (Wildman–Crippen MR) is 89.2 cm³/mol. The molecule has 0 spiro atoms. The number of hydrogen-bond acceptors (Lipinski definition) is 3. The summed E-state index contributed by atoms with van der Waals surface area (Å²) in [6.45, 7) is 6.04. The summed E-state index contributed by atoms with van der Waals surface area (Å²) >= 11 is 0. The number of benzene rings is 2. The van der Waals surface area contributed by atoms with Gasteiger partial charge in [0.25, 0.3) is 5.91 Å². The van der Waals surface area contributed by atoms with Crippen LogP contribution in [0.1, 0.15) is 32.6 Å². The fourth-order valence-electron chi connectivity index (χ4n) is 2.14. The zero-order valence-corrected chi connectivity index (χ0v) is 13.7. The Morgan fingerprint density at radius 1 is 0.957 bits per heavy atom. The molecule has 0 fully saturated rings. The second-order valence-corrected chi connectivity index (χ2v) is 5.58. The average molecular weight is 311 g/mol. The maximum atomic E-state index is 11.9. The van der Waals surface area contributed by atoms with Crippen molar-refractivity contribution in [2.24, 2.45) is 0 Å². The molecule has 1 N–H and O–H groups in total. The molecule has 4 nitrogen and oxygen atoms in total. The minimum Gasteiger partial charge on any atom is -0.452 e. The van der Waals surface area contributed by atoms with E-state index in [9.17, 15) is 9.59 Å². The molecule has 0 unspecified atom stereocenters. The Balaban J connectivity index is 1.83. The largest absolute Gasteiger partial charge is 0.452 e. The lowest BCUT2D eigenvalue weighted by Crippen LogP contribution is -2.28. The van der Waals surface area contributed by atoms with E-state index in [1.165, 1.54) is 0 Å². The molecule has 4 heteroatoms. The van der Waals surface area contributed by atoms with Crippen LogP contribution in [0.4, 0.5) is 0 Å². The molecule has 23 heavy (non-hydrogen) atoms. The number of ether oxygens (including phenoxy) is 1. The Morgan fingerprint density at radius 3 is 2.39 bits per heavy atom. The fourth-order valence-corrected chi connectivity index (χ4v) is 2.14. The number of carbonyl (C=O) groups excluding carboxylic acids is 2. The molecule has 2 aromatic carbocycles. The van der Waals surface area contributed by atoms with Crippen LogP contribution < -0.4 is 5.32 Å². The highest BCUT2D eigenvalue weighted by Crippen LogP contribution is 2.11. The molecule has 2 rings (SSSR count). The number of hydrogen-bond donors (Lipinski definition) is 1. The first-order chi connectivity index (χ1) is 11.0. The zero-order chi connectivity index (χ0) is 16.8. The number of carbonyl (C=O) groups is 2. The second-order valence-electron chi connectivity index (χ2n) is 5.58. The van der Waals surface area contributed by atoms with Gasteiger partial charge in [0.2, 0.25) is 0 Å². The number of amides is 1. The van der Waals surface area contributed by atoms with E-state index in [1.807, 2.05) is 51.1 Å². The topological polar surface area (TPSA) is 55.4 Å². The van der Waals surface area contributed by atoms with Crippen LogP contribution in [0, 0.1) is 20.8 Å². The third-order valence-corrected chi connectivity index (χ3v) is 3.81. The summed E-state index contributed by atoms with van der Waals surface area (Å²) in [5.74, 6) is -0.801. The summed E-state index contributed by atoms with van der Waals surface area (Å²) in [5, 5.41) is 2.75. The summed E-state index contributed by atoms with van der Waals surface area (Å²) in [6.07, 6.45) is 0. The van der Waals surface area contributed by atoms with Crippen molar-refractivity contribution in [1.82, 2.24) is 5.32 Å². The van der Waals surface area contributed by atoms with Crippen LogP contribution in [0.25, 0.3) is 0 Å². The number of esters is 1. The number of aryl methyl sites for hydroxylation is 3. The Bertz CT molecular complexity index is 722. The molecule has 2 aromatic rings. The van der Waals surface area contributed by atoms with Crippen molar-refractivity contribution in [3.05, 3.63) is 70.3 Å². The zero-order valence-electron chi connectivity index (χ0n) is 13.7. The van der Waals surface area contributed by atoms with Gasteiger partial charge in [0.05, 0.1) is 5.56 Å².